The summed E-state index contributed by atoms with van der Waals surface area (Å²) in [5.74, 6) is 0.732. The molecule has 0 aromatic carbocycles. The van der Waals surface area contributed by atoms with Crippen LogP contribution in [-0.2, 0) is 6.42 Å². The van der Waals surface area contributed by atoms with E-state index in [1.807, 2.05) is 0 Å². The van der Waals surface area contributed by atoms with Gasteiger partial charge in [-0.3, -0.25) is 0 Å². The molecular weight excluding hydrogens is 164 g/mol. The largest absolute Gasteiger partial charge is 0.364 e. The minimum atomic E-state index is 0.732. The van der Waals surface area contributed by atoms with E-state index in [0.717, 1.165) is 31.8 Å². The van der Waals surface area contributed by atoms with E-state index in [4.69, 9.17) is 4.52 Å². The van der Waals surface area contributed by atoms with Crippen molar-refractivity contribution in [1.29, 1.82) is 0 Å². The van der Waals surface area contributed by atoms with Crippen molar-refractivity contribution in [1.82, 2.24) is 10.5 Å². The van der Waals surface area contributed by atoms with E-state index < -0.39 is 0 Å². The molecule has 3 heteroatoms. The van der Waals surface area contributed by atoms with Crippen molar-refractivity contribution in [2.24, 2.45) is 5.92 Å². The Kier molecular flexibility index (Phi) is 4.54. The van der Waals surface area contributed by atoms with Gasteiger partial charge in [0.05, 0.1) is 6.20 Å². The molecule has 0 atom stereocenters. The number of hydrogen-bond acceptors (Lipinski definition) is 3. The van der Waals surface area contributed by atoms with Crippen LogP contribution in [0.15, 0.2) is 17.0 Å². The van der Waals surface area contributed by atoms with E-state index in [1.165, 1.54) is 5.56 Å². The lowest BCUT2D eigenvalue weighted by Gasteiger charge is -2.05. The van der Waals surface area contributed by atoms with Crippen LogP contribution in [0.2, 0.25) is 0 Å². The predicted octanol–water partition coefficient (Wildman–Crippen LogP) is 1.85. The summed E-state index contributed by atoms with van der Waals surface area (Å²) in [6.45, 7) is 6.60. The van der Waals surface area contributed by atoms with Gasteiger partial charge in [0.15, 0.2) is 0 Å². The fraction of sp³-hybridized carbons (Fsp3) is 0.700. The van der Waals surface area contributed by atoms with Crippen molar-refractivity contribution in [3.05, 3.63) is 18.0 Å². The number of nitrogens with zero attached hydrogens (tertiary/aromatic N) is 1. The van der Waals surface area contributed by atoms with Crippen molar-refractivity contribution in [2.75, 3.05) is 13.1 Å². The van der Waals surface area contributed by atoms with Gasteiger partial charge in [0, 0.05) is 5.56 Å². The molecule has 1 heterocycles. The number of hydrogen-bond donors (Lipinski definition) is 1. The Morgan fingerprint density at radius 3 is 3.00 bits per heavy atom. The Morgan fingerprint density at radius 2 is 2.38 bits per heavy atom. The van der Waals surface area contributed by atoms with Crippen molar-refractivity contribution < 1.29 is 4.52 Å². The Morgan fingerprint density at radius 1 is 1.54 bits per heavy atom. The topological polar surface area (TPSA) is 38.1 Å². The lowest BCUT2D eigenvalue weighted by atomic mass is 10.2. The van der Waals surface area contributed by atoms with Crippen LogP contribution in [0, 0.1) is 5.92 Å². The van der Waals surface area contributed by atoms with Crippen LogP contribution in [0.3, 0.4) is 0 Å². The Balaban J connectivity index is 1.96. The van der Waals surface area contributed by atoms with Crippen LogP contribution in [0.1, 0.15) is 25.8 Å². The minimum absolute atomic E-state index is 0.732. The third-order valence-corrected chi connectivity index (χ3v) is 1.86. The van der Waals surface area contributed by atoms with Gasteiger partial charge < -0.3 is 9.84 Å². The zero-order valence-electron chi connectivity index (χ0n) is 8.42. The Hall–Kier alpha value is -0.830. The van der Waals surface area contributed by atoms with Gasteiger partial charge in [0.25, 0.3) is 0 Å². The second-order valence-corrected chi connectivity index (χ2v) is 3.73. The smallest absolute Gasteiger partial charge is 0.126 e. The first-order valence-corrected chi connectivity index (χ1v) is 4.88. The highest BCUT2D eigenvalue weighted by molar-refractivity contribution is 4.99. The summed E-state index contributed by atoms with van der Waals surface area (Å²) in [5, 5.41) is 7.05. The third-order valence-electron chi connectivity index (χ3n) is 1.86. The summed E-state index contributed by atoms with van der Waals surface area (Å²) < 4.78 is 4.74. The summed E-state index contributed by atoms with van der Waals surface area (Å²) in [4.78, 5) is 0. The SMILES string of the molecule is CC(C)CNCCCc1cnoc1. The zero-order chi connectivity index (χ0) is 9.52. The van der Waals surface area contributed by atoms with Crippen molar-refractivity contribution in [2.45, 2.75) is 26.7 Å². The molecule has 0 saturated carbocycles. The number of aromatic nitrogens is 1. The lowest BCUT2D eigenvalue weighted by Crippen LogP contribution is -2.20. The lowest BCUT2D eigenvalue weighted by molar-refractivity contribution is 0.418. The quantitative estimate of drug-likeness (QED) is 0.682. The molecule has 0 unspecified atom stereocenters. The van der Waals surface area contributed by atoms with Gasteiger partial charge in [-0.15, -0.1) is 0 Å². The highest BCUT2D eigenvalue weighted by Crippen LogP contribution is 1.99. The van der Waals surface area contributed by atoms with Gasteiger partial charge in [-0.05, 0) is 31.8 Å². The molecule has 0 aliphatic carbocycles. The van der Waals surface area contributed by atoms with Crippen LogP contribution < -0.4 is 5.32 Å². The molecule has 0 amide bonds. The molecule has 0 bridgehead atoms. The average Bonchev–Trinajstić information content (AvgIpc) is 2.55. The number of rotatable bonds is 6. The normalized spacial score (nSPS) is 11.0. The van der Waals surface area contributed by atoms with Crippen LogP contribution in [0.4, 0.5) is 0 Å². The molecule has 3 nitrogen and oxygen atoms in total. The summed E-state index contributed by atoms with van der Waals surface area (Å²) >= 11 is 0. The summed E-state index contributed by atoms with van der Waals surface area (Å²) in [5.41, 5.74) is 1.19. The molecule has 1 rings (SSSR count). The molecule has 74 valence electrons. The molecule has 0 radical (unpaired) electrons. The molecular formula is C10H18N2O. The monoisotopic (exact) mass is 182 g/mol. The van der Waals surface area contributed by atoms with E-state index in [-0.39, 0.29) is 0 Å². The van der Waals surface area contributed by atoms with Gasteiger partial charge in [0.2, 0.25) is 0 Å². The van der Waals surface area contributed by atoms with E-state index in [9.17, 15) is 0 Å². The summed E-state index contributed by atoms with van der Waals surface area (Å²) in [7, 11) is 0. The van der Waals surface area contributed by atoms with Gasteiger partial charge in [0.1, 0.15) is 6.26 Å². The first-order valence-electron chi connectivity index (χ1n) is 4.88. The Labute approximate surface area is 79.5 Å². The zero-order valence-corrected chi connectivity index (χ0v) is 8.42. The standard InChI is InChI=1S/C10H18N2O/c1-9(2)6-11-5-3-4-10-7-12-13-8-10/h7-9,11H,3-6H2,1-2H3. The average molecular weight is 182 g/mol. The van der Waals surface area contributed by atoms with E-state index >= 15 is 0 Å². The molecule has 0 spiro atoms. The minimum Gasteiger partial charge on any atom is -0.364 e. The second-order valence-electron chi connectivity index (χ2n) is 3.73. The van der Waals surface area contributed by atoms with Crippen molar-refractivity contribution in [3.8, 4) is 0 Å². The highest BCUT2D eigenvalue weighted by Gasteiger charge is 1.96. The first-order chi connectivity index (χ1) is 6.29. The maximum atomic E-state index is 4.74. The molecule has 0 fully saturated rings. The highest BCUT2D eigenvalue weighted by atomic mass is 16.5. The molecule has 1 aromatic rings. The summed E-state index contributed by atoms with van der Waals surface area (Å²) in [6.07, 6.45) is 5.69. The predicted molar refractivity (Wildman–Crippen MR) is 52.5 cm³/mol. The molecule has 0 saturated heterocycles. The fourth-order valence-corrected chi connectivity index (χ4v) is 1.16. The maximum Gasteiger partial charge on any atom is 0.126 e. The summed E-state index contributed by atoms with van der Waals surface area (Å²) in [6, 6.07) is 0. The number of aryl methyl sites for hydroxylation is 1. The first kappa shape index (κ1) is 10.3. The van der Waals surface area contributed by atoms with Crippen LogP contribution in [-0.4, -0.2) is 18.2 Å². The third kappa shape index (κ3) is 4.68. The molecule has 0 aliphatic rings. The van der Waals surface area contributed by atoms with Crippen LogP contribution in [0.25, 0.3) is 0 Å². The second kappa shape index (κ2) is 5.75. The van der Waals surface area contributed by atoms with Gasteiger partial charge in [-0.2, -0.15) is 0 Å². The fourth-order valence-electron chi connectivity index (χ4n) is 1.16. The molecule has 1 N–H and O–H groups in total. The van der Waals surface area contributed by atoms with E-state index in [1.54, 1.807) is 12.5 Å². The van der Waals surface area contributed by atoms with E-state index in [0.29, 0.717) is 0 Å². The van der Waals surface area contributed by atoms with Crippen LogP contribution >= 0.6 is 0 Å². The molecule has 13 heavy (non-hydrogen) atoms. The van der Waals surface area contributed by atoms with Crippen LogP contribution in [0.5, 0.6) is 0 Å². The van der Waals surface area contributed by atoms with Gasteiger partial charge in [-0.1, -0.05) is 19.0 Å². The molecule has 0 aliphatic heterocycles. The van der Waals surface area contributed by atoms with E-state index in [2.05, 4.69) is 24.3 Å². The van der Waals surface area contributed by atoms with Gasteiger partial charge in [-0.25, -0.2) is 0 Å². The number of nitrogens with one attached hydrogen (secondary N) is 1. The van der Waals surface area contributed by atoms with Crippen molar-refractivity contribution in [3.63, 3.8) is 0 Å². The van der Waals surface area contributed by atoms with Crippen molar-refractivity contribution >= 4 is 0 Å². The maximum absolute atomic E-state index is 4.74. The van der Waals surface area contributed by atoms with Gasteiger partial charge >= 0.3 is 0 Å². The Bertz CT molecular complexity index is 207. The molecule has 1 aromatic heterocycles.